The summed E-state index contributed by atoms with van der Waals surface area (Å²) < 4.78 is 1.80. The molecule has 0 bridgehead atoms. The van der Waals surface area contributed by atoms with E-state index in [1.807, 2.05) is 56.3 Å². The van der Waals surface area contributed by atoms with Gasteiger partial charge in [0.1, 0.15) is 4.83 Å². The number of nitrogens with one attached hydrogen (secondary N) is 2. The number of hydrogen-bond donors (Lipinski definition) is 2. The van der Waals surface area contributed by atoms with Crippen molar-refractivity contribution >= 4 is 56.3 Å². The van der Waals surface area contributed by atoms with Crippen molar-refractivity contribution in [2.45, 2.75) is 20.8 Å². The van der Waals surface area contributed by atoms with Crippen molar-refractivity contribution in [2.75, 3.05) is 10.6 Å². The summed E-state index contributed by atoms with van der Waals surface area (Å²) in [6.07, 6.45) is 0. The molecule has 30 heavy (non-hydrogen) atoms. The third-order valence-corrected chi connectivity index (χ3v) is 5.97. The zero-order valence-electron chi connectivity index (χ0n) is 16.6. The lowest BCUT2D eigenvalue weighted by Crippen LogP contribution is -2.12. The standard InChI is InChI=1S/C22H19ClN4O2S/c1-12-7-8-16(10-19(12)24-14(3)28)25-21(29)20-11-18-13(2)26-27(22(18)30-20)17-6-4-5-15(23)9-17/h4-11H,1-3H3,(H,24,28)(H,25,29). The molecule has 0 saturated heterocycles. The molecule has 2 N–H and O–H groups in total. The second-order valence-electron chi connectivity index (χ2n) is 6.97. The first kappa shape index (κ1) is 20.1. The number of carbonyl (C=O) groups is 2. The number of aryl methyl sites for hydroxylation is 2. The maximum Gasteiger partial charge on any atom is 0.265 e. The van der Waals surface area contributed by atoms with E-state index in [-0.39, 0.29) is 11.8 Å². The van der Waals surface area contributed by atoms with Gasteiger partial charge < -0.3 is 10.6 Å². The number of rotatable bonds is 4. The maximum absolute atomic E-state index is 12.9. The SMILES string of the molecule is CC(=O)Nc1cc(NC(=O)c2cc3c(C)nn(-c4cccc(Cl)c4)c3s2)ccc1C. The summed E-state index contributed by atoms with van der Waals surface area (Å²) in [7, 11) is 0. The minimum absolute atomic E-state index is 0.160. The van der Waals surface area contributed by atoms with Crippen LogP contribution in [0, 0.1) is 13.8 Å². The first-order valence-corrected chi connectivity index (χ1v) is 10.5. The lowest BCUT2D eigenvalue weighted by Gasteiger charge is -2.10. The molecule has 0 fully saturated rings. The minimum atomic E-state index is -0.217. The molecular weight excluding hydrogens is 420 g/mol. The third kappa shape index (κ3) is 3.94. The molecule has 0 spiro atoms. The van der Waals surface area contributed by atoms with E-state index in [0.717, 1.165) is 27.2 Å². The average molecular weight is 439 g/mol. The van der Waals surface area contributed by atoms with Crippen molar-refractivity contribution in [1.29, 1.82) is 0 Å². The fourth-order valence-corrected chi connectivity index (χ4v) is 4.42. The summed E-state index contributed by atoms with van der Waals surface area (Å²) in [5.74, 6) is -0.377. The van der Waals surface area contributed by atoms with Crippen LogP contribution in [0.1, 0.15) is 27.9 Å². The molecule has 4 aromatic rings. The highest BCUT2D eigenvalue weighted by molar-refractivity contribution is 7.20. The number of carbonyl (C=O) groups excluding carboxylic acids is 2. The van der Waals surface area contributed by atoms with Crippen LogP contribution in [0.2, 0.25) is 5.02 Å². The summed E-state index contributed by atoms with van der Waals surface area (Å²) in [4.78, 5) is 25.7. The van der Waals surface area contributed by atoms with Gasteiger partial charge >= 0.3 is 0 Å². The maximum atomic E-state index is 12.9. The van der Waals surface area contributed by atoms with Crippen LogP contribution in [-0.4, -0.2) is 21.6 Å². The smallest absolute Gasteiger partial charge is 0.265 e. The number of fused-ring (bicyclic) bond motifs is 1. The highest BCUT2D eigenvalue weighted by Gasteiger charge is 2.18. The molecule has 6 nitrogen and oxygen atoms in total. The molecule has 152 valence electrons. The van der Waals surface area contributed by atoms with E-state index in [1.54, 1.807) is 10.7 Å². The summed E-state index contributed by atoms with van der Waals surface area (Å²) in [5.41, 5.74) is 3.88. The Kier molecular flexibility index (Phi) is 5.32. The van der Waals surface area contributed by atoms with Crippen molar-refractivity contribution in [3.8, 4) is 5.69 Å². The van der Waals surface area contributed by atoms with Crippen LogP contribution in [0.15, 0.2) is 48.5 Å². The lowest BCUT2D eigenvalue weighted by atomic mass is 10.1. The van der Waals surface area contributed by atoms with Gasteiger partial charge in [0.15, 0.2) is 0 Å². The fraction of sp³-hybridized carbons (Fsp3) is 0.136. The number of thiophene rings is 1. The quantitative estimate of drug-likeness (QED) is 0.437. The predicted octanol–water partition coefficient (Wildman–Crippen LogP) is 5.57. The Morgan fingerprint density at radius 1 is 1.07 bits per heavy atom. The number of halogens is 1. The molecule has 0 aliphatic heterocycles. The Morgan fingerprint density at radius 2 is 1.87 bits per heavy atom. The first-order valence-electron chi connectivity index (χ1n) is 9.26. The lowest BCUT2D eigenvalue weighted by molar-refractivity contribution is -0.114. The van der Waals surface area contributed by atoms with E-state index in [4.69, 9.17) is 11.6 Å². The van der Waals surface area contributed by atoms with Gasteiger partial charge in [-0.15, -0.1) is 11.3 Å². The van der Waals surface area contributed by atoms with E-state index in [1.165, 1.54) is 18.3 Å². The Hall–Kier alpha value is -3.16. The molecule has 0 unspecified atom stereocenters. The second-order valence-corrected chi connectivity index (χ2v) is 8.44. The van der Waals surface area contributed by atoms with Crippen LogP contribution in [0.4, 0.5) is 11.4 Å². The molecular formula is C22H19ClN4O2S. The molecule has 0 atom stereocenters. The van der Waals surface area contributed by atoms with Crippen LogP contribution < -0.4 is 10.6 Å². The Labute approximate surface area is 182 Å². The van der Waals surface area contributed by atoms with Crippen molar-refractivity contribution in [3.05, 3.63) is 69.7 Å². The Morgan fingerprint density at radius 3 is 2.60 bits per heavy atom. The minimum Gasteiger partial charge on any atom is -0.326 e. The van der Waals surface area contributed by atoms with Crippen LogP contribution in [-0.2, 0) is 4.79 Å². The van der Waals surface area contributed by atoms with E-state index in [9.17, 15) is 9.59 Å². The van der Waals surface area contributed by atoms with Crippen LogP contribution in [0.25, 0.3) is 15.9 Å². The fourth-order valence-electron chi connectivity index (χ4n) is 3.16. The van der Waals surface area contributed by atoms with Crippen LogP contribution >= 0.6 is 22.9 Å². The Balaban J connectivity index is 1.65. The number of amides is 2. The second kappa shape index (κ2) is 7.93. The molecule has 0 aliphatic rings. The molecule has 2 amide bonds. The largest absolute Gasteiger partial charge is 0.326 e. The topological polar surface area (TPSA) is 76.0 Å². The van der Waals surface area contributed by atoms with E-state index in [0.29, 0.717) is 21.3 Å². The van der Waals surface area contributed by atoms with Crippen LogP contribution in [0.5, 0.6) is 0 Å². The van der Waals surface area contributed by atoms with E-state index >= 15 is 0 Å². The predicted molar refractivity (Wildman–Crippen MR) is 122 cm³/mol. The van der Waals surface area contributed by atoms with Crippen molar-refractivity contribution in [3.63, 3.8) is 0 Å². The highest BCUT2D eigenvalue weighted by Crippen LogP contribution is 2.31. The van der Waals surface area contributed by atoms with Gasteiger partial charge in [-0.2, -0.15) is 5.10 Å². The van der Waals surface area contributed by atoms with Crippen molar-refractivity contribution < 1.29 is 9.59 Å². The number of aromatic nitrogens is 2. The molecule has 2 heterocycles. The first-order chi connectivity index (χ1) is 14.3. The normalized spacial score (nSPS) is 10.9. The summed E-state index contributed by atoms with van der Waals surface area (Å²) in [6, 6.07) is 14.7. The van der Waals surface area contributed by atoms with Crippen molar-refractivity contribution in [1.82, 2.24) is 9.78 Å². The number of nitrogens with zero attached hydrogens (tertiary/aromatic N) is 2. The molecule has 2 aromatic carbocycles. The van der Waals surface area contributed by atoms with Gasteiger partial charge in [0.2, 0.25) is 5.91 Å². The molecule has 0 radical (unpaired) electrons. The number of anilines is 2. The molecule has 4 rings (SSSR count). The summed E-state index contributed by atoms with van der Waals surface area (Å²) in [6.45, 7) is 5.26. The summed E-state index contributed by atoms with van der Waals surface area (Å²) in [5, 5.41) is 11.8. The van der Waals surface area contributed by atoms with E-state index < -0.39 is 0 Å². The highest BCUT2D eigenvalue weighted by atomic mass is 35.5. The van der Waals surface area contributed by atoms with E-state index in [2.05, 4.69) is 15.7 Å². The van der Waals surface area contributed by atoms with Gasteiger partial charge in [0, 0.05) is 28.7 Å². The molecule has 0 saturated carbocycles. The van der Waals surface area contributed by atoms with Gasteiger partial charge in [-0.05, 0) is 55.8 Å². The molecule has 8 heteroatoms. The summed E-state index contributed by atoms with van der Waals surface area (Å²) >= 11 is 7.49. The zero-order chi connectivity index (χ0) is 21.4. The zero-order valence-corrected chi connectivity index (χ0v) is 18.2. The van der Waals surface area contributed by atoms with Gasteiger partial charge in [0.25, 0.3) is 5.91 Å². The molecule has 2 aromatic heterocycles. The van der Waals surface area contributed by atoms with Gasteiger partial charge in [0.05, 0.1) is 16.3 Å². The average Bonchev–Trinajstić information content (AvgIpc) is 3.25. The van der Waals surface area contributed by atoms with Crippen molar-refractivity contribution in [2.24, 2.45) is 0 Å². The number of hydrogen-bond acceptors (Lipinski definition) is 4. The Bertz CT molecular complexity index is 1290. The van der Waals surface area contributed by atoms with Gasteiger partial charge in [-0.3, -0.25) is 9.59 Å². The number of benzene rings is 2. The van der Waals surface area contributed by atoms with Gasteiger partial charge in [-0.1, -0.05) is 23.7 Å². The third-order valence-electron chi connectivity index (χ3n) is 4.63. The van der Waals surface area contributed by atoms with Crippen LogP contribution in [0.3, 0.4) is 0 Å². The monoisotopic (exact) mass is 438 g/mol. The van der Waals surface area contributed by atoms with Gasteiger partial charge in [-0.25, -0.2) is 4.68 Å². The molecule has 0 aliphatic carbocycles.